The quantitative estimate of drug-likeness (QED) is 0.331. The maximum absolute atomic E-state index is 15.0. The van der Waals surface area contributed by atoms with Crippen LogP contribution in [0.2, 0.25) is 0 Å². The van der Waals surface area contributed by atoms with E-state index >= 15 is 0 Å². The van der Waals surface area contributed by atoms with Crippen molar-refractivity contribution in [1.29, 1.82) is 0 Å². The molecule has 0 unspecified atom stereocenters. The van der Waals surface area contributed by atoms with Crippen molar-refractivity contribution in [3.05, 3.63) is 59.4 Å². The minimum atomic E-state index is -0.399. The largest absolute Gasteiger partial charge is 0.294 e. The number of benzene rings is 2. The van der Waals surface area contributed by atoms with E-state index in [2.05, 4.69) is 6.92 Å². The van der Waals surface area contributed by atoms with Crippen molar-refractivity contribution < 1.29 is 9.18 Å². The first-order valence-electron chi connectivity index (χ1n) is 11.7. The molecule has 30 heavy (non-hydrogen) atoms. The molecule has 2 aromatic carbocycles. The summed E-state index contributed by atoms with van der Waals surface area (Å²) in [5.74, 6) is 1.23. The topological polar surface area (TPSA) is 17.1 Å². The summed E-state index contributed by atoms with van der Waals surface area (Å²) in [7, 11) is 0. The third-order valence-corrected chi connectivity index (χ3v) is 6.66. The number of carbonyl (C=O) groups is 1. The lowest BCUT2D eigenvalue weighted by atomic mass is 9.76. The second kappa shape index (κ2) is 9.90. The summed E-state index contributed by atoms with van der Waals surface area (Å²) < 4.78 is 15.0. The van der Waals surface area contributed by atoms with Gasteiger partial charge in [0.25, 0.3) is 0 Å². The van der Waals surface area contributed by atoms with E-state index in [9.17, 15) is 9.18 Å². The van der Waals surface area contributed by atoms with Gasteiger partial charge in [-0.3, -0.25) is 4.79 Å². The Hall–Kier alpha value is -1.96. The molecule has 1 nitrogen and oxygen atoms in total. The summed E-state index contributed by atoms with van der Waals surface area (Å²) in [6.45, 7) is 8.03. The van der Waals surface area contributed by atoms with E-state index in [4.69, 9.17) is 0 Å². The molecule has 0 radical (unpaired) electrons. The molecule has 0 saturated heterocycles. The predicted molar refractivity (Wildman–Crippen MR) is 124 cm³/mol. The zero-order chi connectivity index (χ0) is 21.7. The van der Waals surface area contributed by atoms with Crippen molar-refractivity contribution in [2.24, 2.45) is 11.3 Å². The van der Waals surface area contributed by atoms with Crippen LogP contribution in [0.3, 0.4) is 0 Å². The van der Waals surface area contributed by atoms with Gasteiger partial charge in [-0.05, 0) is 60.3 Å². The highest BCUT2D eigenvalue weighted by Gasteiger charge is 2.25. The molecule has 0 spiro atoms. The zero-order valence-electron chi connectivity index (χ0n) is 19.1. The van der Waals surface area contributed by atoms with Crippen molar-refractivity contribution in [1.82, 2.24) is 0 Å². The lowest BCUT2D eigenvalue weighted by molar-refractivity contribution is 0.0858. The number of rotatable bonds is 7. The van der Waals surface area contributed by atoms with Crippen LogP contribution >= 0.6 is 0 Å². The second-order valence-corrected chi connectivity index (χ2v) is 10.1. The Morgan fingerprint density at radius 3 is 2.13 bits per heavy atom. The van der Waals surface area contributed by atoms with Gasteiger partial charge in [0.05, 0.1) is 0 Å². The predicted octanol–water partition coefficient (Wildman–Crippen LogP) is 8.58. The minimum Gasteiger partial charge on any atom is -0.294 e. The first kappa shape index (κ1) is 22.7. The number of ketones is 1. The Balaban J connectivity index is 1.65. The van der Waals surface area contributed by atoms with Crippen molar-refractivity contribution in [3.8, 4) is 11.1 Å². The highest BCUT2D eigenvalue weighted by Crippen LogP contribution is 2.39. The van der Waals surface area contributed by atoms with Crippen LogP contribution in [0.25, 0.3) is 11.1 Å². The Kier molecular flexibility index (Phi) is 7.50. The third kappa shape index (κ3) is 5.59. The normalized spacial score (nSPS) is 19.6. The van der Waals surface area contributed by atoms with Gasteiger partial charge >= 0.3 is 0 Å². The first-order valence-corrected chi connectivity index (χ1v) is 11.7. The van der Waals surface area contributed by atoms with E-state index in [0.29, 0.717) is 11.5 Å². The average Bonchev–Trinajstić information content (AvgIpc) is 2.73. The molecule has 1 saturated carbocycles. The summed E-state index contributed by atoms with van der Waals surface area (Å²) in [6.07, 6.45) is 9.99. The summed E-state index contributed by atoms with van der Waals surface area (Å²) in [5, 5.41) is 0. The molecule has 2 aromatic rings. The molecule has 1 fully saturated rings. The molecule has 0 atom stereocenters. The highest BCUT2D eigenvalue weighted by molar-refractivity contribution is 6.00. The van der Waals surface area contributed by atoms with Crippen LogP contribution in [0.5, 0.6) is 0 Å². The fourth-order valence-corrected chi connectivity index (χ4v) is 4.73. The number of Topliss-reactive ketones (excluding diaryl/α,β-unsaturated/α-hetero) is 1. The fraction of sp³-hybridized carbons (Fsp3) is 0.536. The molecule has 0 amide bonds. The Labute approximate surface area is 182 Å². The average molecular weight is 409 g/mol. The van der Waals surface area contributed by atoms with Crippen LogP contribution in [0, 0.1) is 17.2 Å². The zero-order valence-corrected chi connectivity index (χ0v) is 19.1. The molecule has 0 heterocycles. The van der Waals surface area contributed by atoms with Crippen molar-refractivity contribution >= 4 is 5.78 Å². The van der Waals surface area contributed by atoms with Crippen LogP contribution < -0.4 is 0 Å². The maximum atomic E-state index is 15.0. The molecule has 1 aliphatic carbocycles. The van der Waals surface area contributed by atoms with E-state index in [1.807, 2.05) is 57.2 Å². The summed E-state index contributed by atoms with van der Waals surface area (Å²) in [6, 6.07) is 13.3. The van der Waals surface area contributed by atoms with E-state index in [0.717, 1.165) is 35.4 Å². The molecule has 0 aliphatic heterocycles. The van der Waals surface area contributed by atoms with Gasteiger partial charge in [0.1, 0.15) is 5.82 Å². The standard InChI is InChI=1S/C28H37FO/c1-5-6-7-8-20-9-11-22(12-10-20)25-18-17-24(19-26(25)29)21-13-15-23(16-14-21)27(30)28(2,3)4/h13-20,22H,5-12H2,1-4H3. The number of carbonyl (C=O) groups excluding carboxylic acids is 1. The number of hydrogen-bond acceptors (Lipinski definition) is 1. The summed E-state index contributed by atoms with van der Waals surface area (Å²) >= 11 is 0. The summed E-state index contributed by atoms with van der Waals surface area (Å²) in [4.78, 5) is 12.4. The Morgan fingerprint density at radius 1 is 0.933 bits per heavy atom. The number of unbranched alkanes of at least 4 members (excludes halogenated alkanes) is 2. The van der Waals surface area contributed by atoms with Gasteiger partial charge in [-0.25, -0.2) is 4.39 Å². The van der Waals surface area contributed by atoms with Crippen LogP contribution in [0.15, 0.2) is 42.5 Å². The fourth-order valence-electron chi connectivity index (χ4n) is 4.73. The van der Waals surface area contributed by atoms with E-state index in [1.54, 1.807) is 6.07 Å². The molecular weight excluding hydrogens is 371 g/mol. The van der Waals surface area contributed by atoms with Gasteiger partial charge in [-0.1, -0.05) is 89.8 Å². The van der Waals surface area contributed by atoms with E-state index < -0.39 is 5.41 Å². The molecule has 0 bridgehead atoms. The van der Waals surface area contributed by atoms with Crippen LogP contribution in [0.1, 0.15) is 101 Å². The first-order chi connectivity index (χ1) is 14.3. The molecule has 0 N–H and O–H groups in total. The van der Waals surface area contributed by atoms with Gasteiger partial charge in [0.2, 0.25) is 0 Å². The third-order valence-electron chi connectivity index (χ3n) is 6.66. The molecular formula is C28H37FO. The van der Waals surface area contributed by atoms with Crippen molar-refractivity contribution in [3.63, 3.8) is 0 Å². The van der Waals surface area contributed by atoms with Crippen molar-refractivity contribution in [2.45, 2.75) is 85.0 Å². The highest BCUT2D eigenvalue weighted by atomic mass is 19.1. The second-order valence-electron chi connectivity index (χ2n) is 10.1. The van der Waals surface area contributed by atoms with E-state index in [1.165, 1.54) is 38.5 Å². The van der Waals surface area contributed by atoms with Gasteiger partial charge in [0, 0.05) is 11.0 Å². The monoisotopic (exact) mass is 408 g/mol. The number of halogens is 1. The minimum absolute atomic E-state index is 0.0863. The lowest BCUT2D eigenvalue weighted by Crippen LogP contribution is -2.19. The van der Waals surface area contributed by atoms with Gasteiger partial charge in [-0.2, -0.15) is 0 Å². The Bertz CT molecular complexity index is 836. The summed E-state index contributed by atoms with van der Waals surface area (Å²) in [5.41, 5.74) is 3.01. The number of hydrogen-bond donors (Lipinski definition) is 0. The van der Waals surface area contributed by atoms with E-state index in [-0.39, 0.29) is 11.6 Å². The van der Waals surface area contributed by atoms with Gasteiger partial charge in [0.15, 0.2) is 5.78 Å². The van der Waals surface area contributed by atoms with Gasteiger partial charge < -0.3 is 0 Å². The lowest BCUT2D eigenvalue weighted by Gasteiger charge is -2.29. The molecule has 1 aliphatic rings. The maximum Gasteiger partial charge on any atom is 0.168 e. The van der Waals surface area contributed by atoms with Crippen LogP contribution in [0.4, 0.5) is 4.39 Å². The molecule has 2 heteroatoms. The smallest absolute Gasteiger partial charge is 0.168 e. The molecule has 0 aromatic heterocycles. The van der Waals surface area contributed by atoms with Gasteiger partial charge in [-0.15, -0.1) is 0 Å². The van der Waals surface area contributed by atoms with Crippen LogP contribution in [-0.4, -0.2) is 5.78 Å². The van der Waals surface area contributed by atoms with Crippen molar-refractivity contribution in [2.75, 3.05) is 0 Å². The van der Waals surface area contributed by atoms with Crippen LogP contribution in [-0.2, 0) is 0 Å². The Morgan fingerprint density at radius 2 is 1.57 bits per heavy atom. The molecule has 162 valence electrons. The SMILES string of the molecule is CCCCCC1CCC(c2ccc(-c3ccc(C(=O)C(C)(C)C)cc3)cc2F)CC1. The molecule has 3 rings (SSSR count).